The van der Waals surface area contributed by atoms with Gasteiger partial charge in [0, 0.05) is 24.1 Å². The van der Waals surface area contributed by atoms with Gasteiger partial charge in [0.2, 0.25) is 0 Å². The van der Waals surface area contributed by atoms with Crippen molar-refractivity contribution in [2.24, 2.45) is 0 Å². The lowest BCUT2D eigenvalue weighted by Gasteiger charge is -2.15. The van der Waals surface area contributed by atoms with Gasteiger partial charge < -0.3 is 15.2 Å². The predicted molar refractivity (Wildman–Crippen MR) is 78.9 cm³/mol. The molecule has 0 saturated heterocycles. The van der Waals surface area contributed by atoms with Crippen LogP contribution in [0.4, 0.5) is 11.6 Å². The Morgan fingerprint density at radius 3 is 2.45 bits per heavy atom. The standard InChI is InChI=1S/C14H21N5O/c1-5-15-13-10(4)14(19-12(18-13)9(2)3)16-8-11-6-7-17-20-11/h6-7,9H,5,8H2,1-4H3,(H2,15,16,18,19). The first-order chi connectivity index (χ1) is 9.61. The molecule has 0 atom stereocenters. The molecule has 0 spiro atoms. The maximum atomic E-state index is 5.08. The van der Waals surface area contributed by atoms with Crippen LogP contribution in [0, 0.1) is 6.92 Å². The van der Waals surface area contributed by atoms with Gasteiger partial charge in [0.15, 0.2) is 5.76 Å². The molecule has 0 aromatic carbocycles. The summed E-state index contributed by atoms with van der Waals surface area (Å²) in [6, 6.07) is 1.83. The molecule has 20 heavy (non-hydrogen) atoms. The van der Waals surface area contributed by atoms with Crippen molar-refractivity contribution in [1.29, 1.82) is 0 Å². The zero-order chi connectivity index (χ0) is 14.5. The Balaban J connectivity index is 2.25. The molecular weight excluding hydrogens is 254 g/mol. The van der Waals surface area contributed by atoms with E-state index in [4.69, 9.17) is 4.52 Å². The minimum absolute atomic E-state index is 0.277. The van der Waals surface area contributed by atoms with E-state index in [1.807, 2.05) is 13.0 Å². The lowest BCUT2D eigenvalue weighted by Crippen LogP contribution is -2.11. The van der Waals surface area contributed by atoms with Crippen molar-refractivity contribution in [3.8, 4) is 0 Å². The maximum Gasteiger partial charge on any atom is 0.155 e. The molecule has 0 saturated carbocycles. The second-order valence-electron chi connectivity index (χ2n) is 4.92. The summed E-state index contributed by atoms with van der Waals surface area (Å²) in [6.07, 6.45) is 1.63. The van der Waals surface area contributed by atoms with Crippen molar-refractivity contribution in [2.45, 2.75) is 40.2 Å². The zero-order valence-electron chi connectivity index (χ0n) is 12.4. The third-order valence-electron chi connectivity index (χ3n) is 2.95. The van der Waals surface area contributed by atoms with Crippen LogP contribution in [0.1, 0.15) is 43.8 Å². The van der Waals surface area contributed by atoms with Gasteiger partial charge in [-0.05, 0) is 13.8 Å². The number of anilines is 2. The molecule has 2 aromatic rings. The lowest BCUT2D eigenvalue weighted by molar-refractivity contribution is 0.388. The number of aromatic nitrogens is 3. The fraction of sp³-hybridized carbons (Fsp3) is 0.500. The molecule has 6 heteroatoms. The highest BCUT2D eigenvalue weighted by atomic mass is 16.5. The molecule has 0 bridgehead atoms. The summed E-state index contributed by atoms with van der Waals surface area (Å²) in [5.74, 6) is 3.59. The topological polar surface area (TPSA) is 75.9 Å². The van der Waals surface area contributed by atoms with Gasteiger partial charge in [-0.3, -0.25) is 0 Å². The highest BCUT2D eigenvalue weighted by Crippen LogP contribution is 2.23. The SMILES string of the molecule is CCNc1nc(C(C)C)nc(NCc2ccno2)c1C. The van der Waals surface area contributed by atoms with Crippen LogP contribution in [0.25, 0.3) is 0 Å². The van der Waals surface area contributed by atoms with Crippen LogP contribution in [0.5, 0.6) is 0 Å². The molecule has 2 heterocycles. The summed E-state index contributed by atoms with van der Waals surface area (Å²) >= 11 is 0. The van der Waals surface area contributed by atoms with Gasteiger partial charge in [-0.2, -0.15) is 0 Å². The molecule has 0 amide bonds. The summed E-state index contributed by atoms with van der Waals surface area (Å²) < 4.78 is 5.08. The Kier molecular flexibility index (Phi) is 4.55. The molecule has 108 valence electrons. The molecule has 2 rings (SSSR count). The molecule has 2 aromatic heterocycles. The minimum Gasteiger partial charge on any atom is -0.370 e. The van der Waals surface area contributed by atoms with E-state index in [0.717, 1.165) is 35.3 Å². The largest absolute Gasteiger partial charge is 0.370 e. The van der Waals surface area contributed by atoms with Crippen molar-refractivity contribution in [3.05, 3.63) is 29.4 Å². The van der Waals surface area contributed by atoms with Gasteiger partial charge in [0.25, 0.3) is 0 Å². The predicted octanol–water partition coefficient (Wildman–Crippen LogP) is 2.94. The number of nitrogens with zero attached hydrogens (tertiary/aromatic N) is 3. The second kappa shape index (κ2) is 6.36. The quantitative estimate of drug-likeness (QED) is 0.844. The van der Waals surface area contributed by atoms with Crippen molar-refractivity contribution in [1.82, 2.24) is 15.1 Å². The summed E-state index contributed by atoms with van der Waals surface area (Å²) in [6.45, 7) is 9.61. The van der Waals surface area contributed by atoms with E-state index in [0.29, 0.717) is 6.54 Å². The van der Waals surface area contributed by atoms with Gasteiger partial charge in [0.05, 0.1) is 12.7 Å². The molecule has 0 fully saturated rings. The van der Waals surface area contributed by atoms with Crippen molar-refractivity contribution in [2.75, 3.05) is 17.2 Å². The van der Waals surface area contributed by atoms with E-state index in [9.17, 15) is 0 Å². The maximum absolute atomic E-state index is 5.08. The number of rotatable bonds is 6. The monoisotopic (exact) mass is 275 g/mol. The summed E-state index contributed by atoms with van der Waals surface area (Å²) in [5, 5.41) is 10.3. The third kappa shape index (κ3) is 3.26. The first kappa shape index (κ1) is 14.3. The average Bonchev–Trinajstić information content (AvgIpc) is 2.92. The summed E-state index contributed by atoms with van der Waals surface area (Å²) in [5.41, 5.74) is 1.01. The second-order valence-corrected chi connectivity index (χ2v) is 4.92. The van der Waals surface area contributed by atoms with Crippen molar-refractivity contribution in [3.63, 3.8) is 0 Å². The molecule has 2 N–H and O–H groups in total. The zero-order valence-corrected chi connectivity index (χ0v) is 12.4. The van der Waals surface area contributed by atoms with Crippen LogP contribution in [0.15, 0.2) is 16.8 Å². The normalized spacial score (nSPS) is 10.8. The highest BCUT2D eigenvalue weighted by molar-refractivity contribution is 5.57. The Bertz CT molecular complexity index is 551. The molecule has 0 aliphatic carbocycles. The van der Waals surface area contributed by atoms with Crippen molar-refractivity contribution >= 4 is 11.6 Å². The first-order valence-corrected chi connectivity index (χ1v) is 6.87. The molecular formula is C14H21N5O. The number of hydrogen-bond acceptors (Lipinski definition) is 6. The Morgan fingerprint density at radius 2 is 1.90 bits per heavy atom. The van der Waals surface area contributed by atoms with Crippen LogP contribution in [0.2, 0.25) is 0 Å². The van der Waals surface area contributed by atoms with Crippen LogP contribution >= 0.6 is 0 Å². The molecule has 0 radical (unpaired) electrons. The van der Waals surface area contributed by atoms with E-state index in [-0.39, 0.29) is 5.92 Å². The third-order valence-corrected chi connectivity index (χ3v) is 2.95. The summed E-state index contributed by atoms with van der Waals surface area (Å²) in [7, 11) is 0. The van der Waals surface area contributed by atoms with Crippen molar-refractivity contribution < 1.29 is 4.52 Å². The smallest absolute Gasteiger partial charge is 0.155 e. The minimum atomic E-state index is 0.277. The fourth-order valence-electron chi connectivity index (χ4n) is 1.81. The van der Waals surface area contributed by atoms with E-state index in [1.165, 1.54) is 0 Å². The Labute approximate surface area is 119 Å². The van der Waals surface area contributed by atoms with Crippen LogP contribution < -0.4 is 10.6 Å². The Morgan fingerprint density at radius 1 is 1.20 bits per heavy atom. The van der Waals surface area contributed by atoms with Gasteiger partial charge in [0.1, 0.15) is 17.5 Å². The first-order valence-electron chi connectivity index (χ1n) is 6.87. The number of nitrogens with one attached hydrogen (secondary N) is 2. The molecule has 6 nitrogen and oxygen atoms in total. The fourth-order valence-corrected chi connectivity index (χ4v) is 1.81. The van der Waals surface area contributed by atoms with Gasteiger partial charge in [-0.15, -0.1) is 0 Å². The van der Waals surface area contributed by atoms with Crippen LogP contribution in [-0.4, -0.2) is 21.7 Å². The van der Waals surface area contributed by atoms with E-state index < -0.39 is 0 Å². The van der Waals surface area contributed by atoms with E-state index in [1.54, 1.807) is 6.20 Å². The molecule has 0 aliphatic heterocycles. The van der Waals surface area contributed by atoms with E-state index >= 15 is 0 Å². The van der Waals surface area contributed by atoms with Crippen LogP contribution in [-0.2, 0) is 6.54 Å². The van der Waals surface area contributed by atoms with Gasteiger partial charge in [-0.1, -0.05) is 19.0 Å². The molecule has 0 aliphatic rings. The number of hydrogen-bond donors (Lipinski definition) is 2. The Hall–Kier alpha value is -2.11. The average molecular weight is 275 g/mol. The highest BCUT2D eigenvalue weighted by Gasteiger charge is 2.13. The van der Waals surface area contributed by atoms with Gasteiger partial charge >= 0.3 is 0 Å². The van der Waals surface area contributed by atoms with E-state index in [2.05, 4.69) is 46.5 Å². The van der Waals surface area contributed by atoms with Gasteiger partial charge in [-0.25, -0.2) is 9.97 Å². The summed E-state index contributed by atoms with van der Waals surface area (Å²) in [4.78, 5) is 9.16. The van der Waals surface area contributed by atoms with Crippen LogP contribution in [0.3, 0.4) is 0 Å². The lowest BCUT2D eigenvalue weighted by atomic mass is 10.2. The molecule has 0 unspecified atom stereocenters.